The molecule has 0 saturated carbocycles. The van der Waals surface area contributed by atoms with Crippen LogP contribution in [0.2, 0.25) is 0 Å². The number of anilines is 1. The van der Waals surface area contributed by atoms with Gasteiger partial charge in [0.2, 0.25) is 0 Å². The highest BCUT2D eigenvalue weighted by atomic mass is 19.4. The zero-order valence-corrected chi connectivity index (χ0v) is 12.6. The van der Waals surface area contributed by atoms with E-state index in [1.54, 1.807) is 24.4 Å². The molecule has 0 bridgehead atoms. The molecule has 0 aliphatic rings. The first-order valence-electron chi connectivity index (χ1n) is 7.20. The number of hydrogen-bond acceptors (Lipinski definition) is 2. The second kappa shape index (κ2) is 6.12. The lowest BCUT2D eigenvalue weighted by molar-refractivity contribution is -0.140. The number of alkyl halides is 3. The van der Waals surface area contributed by atoms with Crippen molar-refractivity contribution < 1.29 is 27.5 Å². The second-order valence-corrected chi connectivity index (χ2v) is 5.37. The number of pyridine rings is 1. The van der Waals surface area contributed by atoms with Crippen molar-refractivity contribution in [3.63, 3.8) is 0 Å². The maximum atomic E-state index is 13.3. The van der Waals surface area contributed by atoms with Crippen LogP contribution in [-0.4, -0.2) is 15.5 Å². The van der Waals surface area contributed by atoms with E-state index in [0.717, 1.165) is 6.07 Å². The average Bonchev–Trinajstić information content (AvgIpc) is 3.00. The van der Waals surface area contributed by atoms with E-state index < -0.39 is 23.5 Å². The van der Waals surface area contributed by atoms with Crippen molar-refractivity contribution in [3.05, 3.63) is 71.3 Å². The molecule has 0 radical (unpaired) electrons. The monoisotopic (exact) mass is 352 g/mol. The number of carboxylic acids is 1. The normalized spacial score (nSPS) is 11.7. The molecule has 4 nitrogen and oxygen atoms in total. The standard InChI is InChI=1S/C17H12F4N2O2/c18-13-5-3-10(8-12(13)17(19,20)21)9-22-14-6-4-11-2-1-7-23(11)15(14)16(24)25/h1-8,22H,9H2,(H,24,25). The highest BCUT2D eigenvalue weighted by Gasteiger charge is 2.34. The molecular formula is C17H12F4N2O2. The van der Waals surface area contributed by atoms with Gasteiger partial charge in [-0.1, -0.05) is 6.07 Å². The molecule has 0 spiro atoms. The van der Waals surface area contributed by atoms with Crippen molar-refractivity contribution in [2.75, 3.05) is 5.32 Å². The predicted octanol–water partition coefficient (Wildman–Crippen LogP) is 4.41. The van der Waals surface area contributed by atoms with Gasteiger partial charge >= 0.3 is 12.1 Å². The van der Waals surface area contributed by atoms with Crippen LogP contribution < -0.4 is 5.32 Å². The lowest BCUT2D eigenvalue weighted by Gasteiger charge is -2.13. The summed E-state index contributed by atoms with van der Waals surface area (Å²) < 4.78 is 53.0. The van der Waals surface area contributed by atoms with Gasteiger partial charge in [0.1, 0.15) is 5.82 Å². The highest BCUT2D eigenvalue weighted by Crippen LogP contribution is 2.32. The summed E-state index contributed by atoms with van der Waals surface area (Å²) in [5.41, 5.74) is -0.303. The number of carboxylic acid groups (broad SMARTS) is 1. The van der Waals surface area contributed by atoms with Crippen molar-refractivity contribution >= 4 is 17.2 Å². The van der Waals surface area contributed by atoms with Crippen LogP contribution >= 0.6 is 0 Å². The SMILES string of the molecule is O=C(O)c1c(NCc2ccc(F)c(C(F)(F)F)c2)ccc2cccn12. The number of carbonyl (C=O) groups is 1. The third-order valence-electron chi connectivity index (χ3n) is 3.72. The summed E-state index contributed by atoms with van der Waals surface area (Å²) in [6, 6.07) is 9.29. The summed E-state index contributed by atoms with van der Waals surface area (Å²) in [6.45, 7) is -0.0869. The summed E-state index contributed by atoms with van der Waals surface area (Å²) in [5, 5.41) is 12.2. The Hall–Kier alpha value is -3.03. The van der Waals surface area contributed by atoms with E-state index in [0.29, 0.717) is 11.6 Å². The second-order valence-electron chi connectivity index (χ2n) is 5.37. The molecule has 0 aliphatic carbocycles. The van der Waals surface area contributed by atoms with E-state index in [4.69, 9.17) is 0 Å². The molecule has 1 aromatic carbocycles. The zero-order chi connectivity index (χ0) is 18.2. The summed E-state index contributed by atoms with van der Waals surface area (Å²) in [7, 11) is 0. The van der Waals surface area contributed by atoms with E-state index in [1.165, 1.54) is 16.5 Å². The number of hydrogen-bond donors (Lipinski definition) is 2. The maximum Gasteiger partial charge on any atom is 0.419 e. The van der Waals surface area contributed by atoms with Crippen LogP contribution in [0.4, 0.5) is 23.2 Å². The maximum absolute atomic E-state index is 13.3. The van der Waals surface area contributed by atoms with Crippen molar-refractivity contribution in [1.29, 1.82) is 0 Å². The Labute approximate surface area is 139 Å². The van der Waals surface area contributed by atoms with Gasteiger partial charge in [0, 0.05) is 18.3 Å². The van der Waals surface area contributed by atoms with E-state index in [-0.39, 0.29) is 23.5 Å². The van der Waals surface area contributed by atoms with Gasteiger partial charge in [-0.2, -0.15) is 13.2 Å². The first-order valence-corrected chi connectivity index (χ1v) is 7.20. The number of benzene rings is 1. The van der Waals surface area contributed by atoms with E-state index in [2.05, 4.69) is 5.32 Å². The summed E-state index contributed by atoms with van der Waals surface area (Å²) >= 11 is 0. The lowest BCUT2D eigenvalue weighted by Crippen LogP contribution is -2.12. The van der Waals surface area contributed by atoms with Gasteiger partial charge in [0.15, 0.2) is 5.69 Å². The molecular weight excluding hydrogens is 340 g/mol. The first kappa shape index (κ1) is 16.8. The van der Waals surface area contributed by atoms with Crippen LogP contribution in [0.1, 0.15) is 21.6 Å². The molecule has 3 rings (SSSR count). The van der Waals surface area contributed by atoms with Gasteiger partial charge in [-0.3, -0.25) is 0 Å². The zero-order valence-electron chi connectivity index (χ0n) is 12.6. The molecule has 0 atom stereocenters. The number of nitrogens with one attached hydrogen (secondary N) is 1. The quantitative estimate of drug-likeness (QED) is 0.684. The fourth-order valence-corrected chi connectivity index (χ4v) is 2.57. The number of fused-ring (bicyclic) bond motifs is 1. The Bertz CT molecular complexity index is 947. The van der Waals surface area contributed by atoms with Crippen molar-refractivity contribution in [3.8, 4) is 0 Å². The molecule has 0 fully saturated rings. The van der Waals surface area contributed by atoms with E-state index in [1.807, 2.05) is 0 Å². The lowest BCUT2D eigenvalue weighted by atomic mass is 10.1. The van der Waals surface area contributed by atoms with Crippen LogP contribution in [0, 0.1) is 5.82 Å². The largest absolute Gasteiger partial charge is 0.476 e. The molecule has 0 saturated heterocycles. The molecule has 2 N–H and O–H groups in total. The summed E-state index contributed by atoms with van der Waals surface area (Å²) in [6.07, 6.45) is -3.22. The average molecular weight is 352 g/mol. The van der Waals surface area contributed by atoms with Gasteiger partial charge in [0.25, 0.3) is 0 Å². The van der Waals surface area contributed by atoms with Gasteiger partial charge in [-0.25, -0.2) is 9.18 Å². The summed E-state index contributed by atoms with van der Waals surface area (Å²) in [4.78, 5) is 11.5. The molecule has 0 aliphatic heterocycles. The number of aromatic nitrogens is 1. The third-order valence-corrected chi connectivity index (χ3v) is 3.72. The van der Waals surface area contributed by atoms with E-state index >= 15 is 0 Å². The topological polar surface area (TPSA) is 53.7 Å². The van der Waals surface area contributed by atoms with Gasteiger partial charge in [-0.15, -0.1) is 0 Å². The molecule has 25 heavy (non-hydrogen) atoms. The van der Waals surface area contributed by atoms with E-state index in [9.17, 15) is 27.5 Å². The predicted molar refractivity (Wildman–Crippen MR) is 83.1 cm³/mol. The van der Waals surface area contributed by atoms with Gasteiger partial charge in [-0.05, 0) is 42.0 Å². The van der Waals surface area contributed by atoms with Gasteiger partial charge < -0.3 is 14.8 Å². The molecule has 8 heteroatoms. The Morgan fingerprint density at radius 1 is 1.16 bits per heavy atom. The van der Waals surface area contributed by atoms with Crippen LogP contribution in [0.5, 0.6) is 0 Å². The van der Waals surface area contributed by atoms with Crippen LogP contribution in [0.3, 0.4) is 0 Å². The third kappa shape index (κ3) is 3.28. The number of nitrogens with zero attached hydrogens (tertiary/aromatic N) is 1. The molecule has 2 heterocycles. The van der Waals surface area contributed by atoms with Crippen molar-refractivity contribution in [2.45, 2.75) is 12.7 Å². The first-order chi connectivity index (χ1) is 11.8. The molecule has 2 aromatic heterocycles. The molecule has 0 amide bonds. The smallest absolute Gasteiger partial charge is 0.419 e. The Kier molecular flexibility index (Phi) is 4.12. The fraction of sp³-hybridized carbons (Fsp3) is 0.118. The Morgan fingerprint density at radius 2 is 1.92 bits per heavy atom. The molecule has 3 aromatic rings. The Balaban J connectivity index is 1.91. The van der Waals surface area contributed by atoms with Crippen LogP contribution in [0.25, 0.3) is 5.52 Å². The van der Waals surface area contributed by atoms with Crippen LogP contribution in [-0.2, 0) is 12.7 Å². The van der Waals surface area contributed by atoms with Crippen molar-refractivity contribution in [1.82, 2.24) is 4.40 Å². The summed E-state index contributed by atoms with van der Waals surface area (Å²) in [5.74, 6) is -2.53. The Morgan fingerprint density at radius 3 is 2.60 bits per heavy atom. The number of rotatable bonds is 4. The molecule has 0 unspecified atom stereocenters. The van der Waals surface area contributed by atoms with Crippen LogP contribution in [0.15, 0.2) is 48.7 Å². The van der Waals surface area contributed by atoms with Gasteiger partial charge in [0.05, 0.1) is 11.3 Å². The minimum atomic E-state index is -4.80. The van der Waals surface area contributed by atoms with Crippen molar-refractivity contribution in [2.24, 2.45) is 0 Å². The highest BCUT2D eigenvalue weighted by molar-refractivity contribution is 5.93. The fourth-order valence-electron chi connectivity index (χ4n) is 2.57. The minimum Gasteiger partial charge on any atom is -0.476 e. The minimum absolute atomic E-state index is 0.0411. The number of aromatic carboxylic acids is 1. The molecule has 130 valence electrons. The number of halogens is 4.